The molecule has 0 aliphatic rings. The van der Waals surface area contributed by atoms with E-state index in [-0.39, 0.29) is 17.9 Å². The Morgan fingerprint density at radius 2 is 2.11 bits per heavy atom. The van der Waals surface area contributed by atoms with E-state index < -0.39 is 16.0 Å². The molecular formula is C10H18N4O4S. The second-order valence-electron chi connectivity index (χ2n) is 3.98. The summed E-state index contributed by atoms with van der Waals surface area (Å²) >= 11 is 0. The molecule has 8 nitrogen and oxygen atoms in total. The molecule has 0 radical (unpaired) electrons. The second kappa shape index (κ2) is 6.02. The fourth-order valence-corrected chi connectivity index (χ4v) is 2.67. The van der Waals surface area contributed by atoms with Crippen LogP contribution >= 0.6 is 0 Å². The first-order valence-corrected chi connectivity index (χ1v) is 7.41. The minimum atomic E-state index is -3.33. The van der Waals surface area contributed by atoms with Crippen molar-refractivity contribution in [2.45, 2.75) is 13.8 Å². The van der Waals surface area contributed by atoms with Crippen molar-refractivity contribution in [2.24, 2.45) is 7.05 Å². The van der Waals surface area contributed by atoms with Gasteiger partial charge in [0.15, 0.2) is 0 Å². The highest BCUT2D eigenvalue weighted by Crippen LogP contribution is 2.18. The van der Waals surface area contributed by atoms with Gasteiger partial charge in [-0.1, -0.05) is 6.92 Å². The normalized spacial score (nSPS) is 11.5. The zero-order valence-electron chi connectivity index (χ0n) is 11.1. The zero-order valence-corrected chi connectivity index (χ0v) is 11.9. The Balaban J connectivity index is 2.76. The first kappa shape index (κ1) is 15.4. The van der Waals surface area contributed by atoms with Crippen LogP contribution < -0.4 is 10.0 Å². The standard InChI is InChI=1S/C10H18N4O4S/c1-4-12-19(17,18)6-5-11-9-8(10(15)16)7(2)13-14(9)3/h11-12H,4-6H2,1-3H3,(H,15,16). The molecule has 3 N–H and O–H groups in total. The zero-order chi connectivity index (χ0) is 14.6. The molecule has 0 spiro atoms. The molecule has 1 aromatic rings. The van der Waals surface area contributed by atoms with Gasteiger partial charge in [0, 0.05) is 20.1 Å². The van der Waals surface area contributed by atoms with Crippen molar-refractivity contribution in [3.05, 3.63) is 11.3 Å². The molecule has 1 heterocycles. The lowest BCUT2D eigenvalue weighted by molar-refractivity contribution is 0.0697. The SMILES string of the molecule is CCNS(=O)(=O)CCNc1c(C(=O)O)c(C)nn1C. The first-order valence-electron chi connectivity index (χ1n) is 5.76. The lowest BCUT2D eigenvalue weighted by atomic mass is 10.2. The molecule has 1 aromatic heterocycles. The second-order valence-corrected chi connectivity index (χ2v) is 5.91. The third-order valence-electron chi connectivity index (χ3n) is 2.46. The summed E-state index contributed by atoms with van der Waals surface area (Å²) in [6.45, 7) is 3.71. The molecule has 1 rings (SSSR count). The molecule has 0 fully saturated rings. The van der Waals surface area contributed by atoms with Gasteiger partial charge in [-0.25, -0.2) is 17.9 Å². The molecule has 0 aliphatic heterocycles. The first-order chi connectivity index (χ1) is 8.78. The van der Waals surface area contributed by atoms with Gasteiger partial charge in [-0.3, -0.25) is 4.68 Å². The van der Waals surface area contributed by atoms with E-state index in [1.165, 1.54) is 4.68 Å². The molecule has 0 aromatic carbocycles. The van der Waals surface area contributed by atoms with E-state index in [0.717, 1.165) is 0 Å². The lowest BCUT2D eigenvalue weighted by Gasteiger charge is -2.08. The highest BCUT2D eigenvalue weighted by molar-refractivity contribution is 7.89. The predicted molar refractivity (Wildman–Crippen MR) is 70.9 cm³/mol. The largest absolute Gasteiger partial charge is 0.477 e. The lowest BCUT2D eigenvalue weighted by Crippen LogP contribution is -2.29. The number of sulfonamides is 1. The highest BCUT2D eigenvalue weighted by Gasteiger charge is 2.19. The van der Waals surface area contributed by atoms with Gasteiger partial charge in [0.1, 0.15) is 11.4 Å². The number of carbonyl (C=O) groups is 1. The quantitative estimate of drug-likeness (QED) is 0.639. The Kier molecular flexibility index (Phi) is 4.90. The summed E-state index contributed by atoms with van der Waals surface area (Å²) in [7, 11) is -1.73. The van der Waals surface area contributed by atoms with Crippen LogP contribution in [0.1, 0.15) is 23.0 Å². The molecule has 0 saturated heterocycles. The Morgan fingerprint density at radius 1 is 1.47 bits per heavy atom. The third-order valence-corrected chi connectivity index (χ3v) is 3.93. The van der Waals surface area contributed by atoms with Crippen molar-refractivity contribution in [1.82, 2.24) is 14.5 Å². The summed E-state index contributed by atoms with van der Waals surface area (Å²) in [5, 5.41) is 15.9. The smallest absolute Gasteiger partial charge is 0.341 e. The number of hydrogen-bond donors (Lipinski definition) is 3. The van der Waals surface area contributed by atoms with Crippen LogP contribution in [0.25, 0.3) is 0 Å². The number of anilines is 1. The maximum absolute atomic E-state index is 11.4. The molecule has 0 amide bonds. The predicted octanol–water partition coefficient (Wildman–Crippen LogP) is -0.222. The van der Waals surface area contributed by atoms with Crippen LogP contribution in [0.5, 0.6) is 0 Å². The van der Waals surface area contributed by atoms with Gasteiger partial charge < -0.3 is 10.4 Å². The summed E-state index contributed by atoms with van der Waals surface area (Å²) in [4.78, 5) is 11.1. The monoisotopic (exact) mass is 290 g/mol. The number of aromatic nitrogens is 2. The van der Waals surface area contributed by atoms with Gasteiger partial charge in [-0.05, 0) is 6.92 Å². The van der Waals surface area contributed by atoms with Crippen LogP contribution in [0.3, 0.4) is 0 Å². The van der Waals surface area contributed by atoms with Crippen molar-refractivity contribution in [3.63, 3.8) is 0 Å². The van der Waals surface area contributed by atoms with Gasteiger partial charge in [-0.2, -0.15) is 5.10 Å². The summed E-state index contributed by atoms with van der Waals surface area (Å²) in [5.41, 5.74) is 0.440. The number of nitrogens with one attached hydrogen (secondary N) is 2. The summed E-state index contributed by atoms with van der Waals surface area (Å²) in [6.07, 6.45) is 0. The van der Waals surface area contributed by atoms with Crippen LogP contribution in [-0.2, 0) is 17.1 Å². The van der Waals surface area contributed by atoms with E-state index in [2.05, 4.69) is 15.1 Å². The number of carboxylic acids is 1. The van der Waals surface area contributed by atoms with Gasteiger partial charge in [0.25, 0.3) is 0 Å². The van der Waals surface area contributed by atoms with Crippen LogP contribution in [0.4, 0.5) is 5.82 Å². The molecule has 108 valence electrons. The molecular weight excluding hydrogens is 272 g/mol. The number of nitrogens with zero attached hydrogens (tertiary/aromatic N) is 2. The molecule has 0 aliphatic carbocycles. The van der Waals surface area contributed by atoms with Crippen molar-refractivity contribution in [3.8, 4) is 0 Å². The Labute approximate surface area is 111 Å². The minimum absolute atomic E-state index is 0.0587. The highest BCUT2D eigenvalue weighted by atomic mass is 32.2. The van der Waals surface area contributed by atoms with Crippen molar-refractivity contribution < 1.29 is 18.3 Å². The number of carboxylic acid groups (broad SMARTS) is 1. The number of rotatable bonds is 7. The topological polar surface area (TPSA) is 113 Å². The van der Waals surface area contributed by atoms with Crippen LogP contribution in [-0.4, -0.2) is 48.1 Å². The number of hydrogen-bond acceptors (Lipinski definition) is 5. The van der Waals surface area contributed by atoms with E-state index >= 15 is 0 Å². The molecule has 0 bridgehead atoms. The maximum atomic E-state index is 11.4. The summed E-state index contributed by atoms with van der Waals surface area (Å²) < 4.78 is 26.6. The van der Waals surface area contributed by atoms with E-state index in [0.29, 0.717) is 18.1 Å². The van der Waals surface area contributed by atoms with Gasteiger partial charge in [0.05, 0.1) is 11.4 Å². The van der Waals surface area contributed by atoms with Gasteiger partial charge >= 0.3 is 5.97 Å². The number of aromatic carboxylic acids is 1. The van der Waals surface area contributed by atoms with Crippen LogP contribution in [0.15, 0.2) is 0 Å². The summed E-state index contributed by atoms with van der Waals surface area (Å²) in [5.74, 6) is -0.927. The maximum Gasteiger partial charge on any atom is 0.341 e. The van der Waals surface area contributed by atoms with Crippen molar-refractivity contribution in [1.29, 1.82) is 0 Å². The van der Waals surface area contributed by atoms with E-state index in [1.807, 2.05) is 0 Å². The van der Waals surface area contributed by atoms with E-state index in [1.54, 1.807) is 20.9 Å². The van der Waals surface area contributed by atoms with Crippen molar-refractivity contribution >= 4 is 21.8 Å². The molecule has 9 heteroatoms. The van der Waals surface area contributed by atoms with E-state index in [4.69, 9.17) is 5.11 Å². The molecule has 0 atom stereocenters. The Hall–Kier alpha value is -1.61. The average molecular weight is 290 g/mol. The Bertz CT molecular complexity index is 564. The van der Waals surface area contributed by atoms with Crippen LogP contribution in [0.2, 0.25) is 0 Å². The van der Waals surface area contributed by atoms with Crippen LogP contribution in [0, 0.1) is 6.92 Å². The fraction of sp³-hybridized carbons (Fsp3) is 0.600. The number of aryl methyl sites for hydroxylation is 2. The van der Waals surface area contributed by atoms with Gasteiger partial charge in [-0.15, -0.1) is 0 Å². The minimum Gasteiger partial charge on any atom is -0.477 e. The summed E-state index contributed by atoms with van der Waals surface area (Å²) in [6, 6.07) is 0. The molecule has 0 unspecified atom stereocenters. The van der Waals surface area contributed by atoms with E-state index in [9.17, 15) is 13.2 Å². The fourth-order valence-electron chi connectivity index (χ4n) is 1.71. The third kappa shape index (κ3) is 3.93. The van der Waals surface area contributed by atoms with Crippen molar-refractivity contribution in [2.75, 3.05) is 24.2 Å². The average Bonchev–Trinajstić information content (AvgIpc) is 2.53. The van der Waals surface area contributed by atoms with Gasteiger partial charge in [0.2, 0.25) is 10.0 Å². The molecule has 19 heavy (non-hydrogen) atoms. The Morgan fingerprint density at radius 3 is 2.63 bits per heavy atom. The molecule has 0 saturated carbocycles.